The van der Waals surface area contributed by atoms with Crippen molar-refractivity contribution in [2.75, 3.05) is 0 Å². The minimum atomic E-state index is 0.255. The van der Waals surface area contributed by atoms with Crippen molar-refractivity contribution in [3.8, 4) is 11.9 Å². The van der Waals surface area contributed by atoms with Gasteiger partial charge in [-0.25, -0.2) is 0 Å². The van der Waals surface area contributed by atoms with E-state index in [2.05, 4.69) is 16.3 Å². The zero-order valence-electron chi connectivity index (χ0n) is 10.6. The van der Waals surface area contributed by atoms with Crippen LogP contribution in [0.15, 0.2) is 24.3 Å². The summed E-state index contributed by atoms with van der Waals surface area (Å²) in [5, 5.41) is 17.7. The molecule has 1 aromatic heterocycles. The Morgan fingerprint density at radius 1 is 1.32 bits per heavy atom. The molecule has 0 amide bonds. The molecule has 4 nitrogen and oxygen atoms in total. The van der Waals surface area contributed by atoms with Crippen molar-refractivity contribution < 1.29 is 4.74 Å². The fraction of sp³-hybridized carbons (Fsp3) is 0.214. The van der Waals surface area contributed by atoms with Crippen LogP contribution < -0.4 is 4.74 Å². The van der Waals surface area contributed by atoms with E-state index in [0.29, 0.717) is 17.2 Å². The summed E-state index contributed by atoms with van der Waals surface area (Å²) in [5.41, 5.74) is 2.86. The Morgan fingerprint density at radius 3 is 2.79 bits per heavy atom. The number of hydrogen-bond acceptors (Lipinski definition) is 4. The molecule has 0 aliphatic rings. The molecule has 0 radical (unpaired) electrons. The van der Waals surface area contributed by atoms with Crippen LogP contribution in [-0.4, -0.2) is 10.2 Å². The first-order valence-corrected chi connectivity index (χ1v) is 6.11. The van der Waals surface area contributed by atoms with Crippen molar-refractivity contribution in [2.24, 2.45) is 0 Å². The predicted molar refractivity (Wildman–Crippen MR) is 72.0 cm³/mol. The van der Waals surface area contributed by atoms with Gasteiger partial charge in [-0.1, -0.05) is 23.7 Å². The van der Waals surface area contributed by atoms with Gasteiger partial charge in [-0.3, -0.25) is 0 Å². The van der Waals surface area contributed by atoms with Crippen LogP contribution >= 0.6 is 11.6 Å². The summed E-state index contributed by atoms with van der Waals surface area (Å²) < 4.78 is 5.55. The summed E-state index contributed by atoms with van der Waals surface area (Å²) in [6.07, 6.45) is 0. The average Bonchev–Trinajstić information content (AvgIpc) is 2.40. The summed E-state index contributed by atoms with van der Waals surface area (Å²) in [5.74, 6) is 0.255. The molecule has 0 aliphatic carbocycles. The highest BCUT2D eigenvalue weighted by Gasteiger charge is 2.12. The largest absolute Gasteiger partial charge is 0.471 e. The molecular formula is C14H12ClN3O. The van der Waals surface area contributed by atoms with Crippen molar-refractivity contribution >= 4 is 11.6 Å². The van der Waals surface area contributed by atoms with Gasteiger partial charge in [0.25, 0.3) is 5.88 Å². The zero-order valence-corrected chi connectivity index (χ0v) is 11.4. The first kappa shape index (κ1) is 13.3. The van der Waals surface area contributed by atoms with Crippen LogP contribution in [0.5, 0.6) is 5.88 Å². The van der Waals surface area contributed by atoms with Gasteiger partial charge < -0.3 is 4.74 Å². The number of ether oxygens (including phenoxy) is 1. The average molecular weight is 274 g/mol. The van der Waals surface area contributed by atoms with E-state index in [1.54, 1.807) is 6.07 Å². The second-order valence-corrected chi connectivity index (χ2v) is 4.56. The Morgan fingerprint density at radius 2 is 2.11 bits per heavy atom. The Labute approximate surface area is 116 Å². The van der Waals surface area contributed by atoms with Crippen molar-refractivity contribution in [1.29, 1.82) is 5.26 Å². The van der Waals surface area contributed by atoms with E-state index in [-0.39, 0.29) is 5.88 Å². The lowest BCUT2D eigenvalue weighted by Crippen LogP contribution is -2.04. The Hall–Kier alpha value is -2.12. The highest BCUT2D eigenvalue weighted by Crippen LogP contribution is 2.20. The molecule has 0 fully saturated rings. The first-order chi connectivity index (χ1) is 9.11. The quantitative estimate of drug-likeness (QED) is 0.862. The number of nitrogens with zero attached hydrogens (tertiary/aromatic N) is 3. The first-order valence-electron chi connectivity index (χ1n) is 5.73. The molecule has 0 saturated carbocycles. The van der Waals surface area contributed by atoms with Crippen LogP contribution in [0.4, 0.5) is 0 Å². The zero-order chi connectivity index (χ0) is 13.8. The SMILES string of the molecule is Cc1nnc(OCc2cccc(Cl)c2)c(C#N)c1C. The van der Waals surface area contributed by atoms with E-state index in [4.69, 9.17) is 21.6 Å². The van der Waals surface area contributed by atoms with E-state index >= 15 is 0 Å². The third kappa shape index (κ3) is 3.01. The lowest BCUT2D eigenvalue weighted by Gasteiger charge is -2.09. The topological polar surface area (TPSA) is 58.8 Å². The third-order valence-corrected chi connectivity index (χ3v) is 3.03. The molecule has 0 N–H and O–H groups in total. The molecule has 2 aromatic rings. The molecule has 1 heterocycles. The summed E-state index contributed by atoms with van der Waals surface area (Å²) in [6.45, 7) is 3.94. The third-order valence-electron chi connectivity index (χ3n) is 2.80. The number of nitriles is 1. The highest BCUT2D eigenvalue weighted by molar-refractivity contribution is 6.30. The van der Waals surface area contributed by atoms with Crippen LogP contribution in [-0.2, 0) is 6.61 Å². The summed E-state index contributed by atoms with van der Waals surface area (Å²) in [6, 6.07) is 9.44. The van der Waals surface area contributed by atoms with Gasteiger partial charge in [0.1, 0.15) is 18.2 Å². The lowest BCUT2D eigenvalue weighted by molar-refractivity contribution is 0.288. The molecule has 0 atom stereocenters. The molecule has 2 rings (SSSR count). The number of aromatic nitrogens is 2. The fourth-order valence-corrected chi connectivity index (χ4v) is 1.81. The molecule has 0 spiro atoms. The number of hydrogen-bond donors (Lipinski definition) is 0. The van der Waals surface area contributed by atoms with Crippen LogP contribution in [0.1, 0.15) is 22.4 Å². The number of rotatable bonds is 3. The van der Waals surface area contributed by atoms with E-state index in [0.717, 1.165) is 16.8 Å². The lowest BCUT2D eigenvalue weighted by atomic mass is 10.1. The van der Waals surface area contributed by atoms with Gasteiger partial charge in [-0.15, -0.1) is 5.10 Å². The Balaban J connectivity index is 2.21. The van der Waals surface area contributed by atoms with E-state index in [9.17, 15) is 0 Å². The van der Waals surface area contributed by atoms with Crippen LogP contribution in [0.2, 0.25) is 5.02 Å². The van der Waals surface area contributed by atoms with Crippen molar-refractivity contribution in [1.82, 2.24) is 10.2 Å². The van der Waals surface area contributed by atoms with E-state index in [1.165, 1.54) is 0 Å². The summed E-state index contributed by atoms with van der Waals surface area (Å²) in [4.78, 5) is 0. The molecular weight excluding hydrogens is 262 g/mol. The fourth-order valence-electron chi connectivity index (χ4n) is 1.60. The van der Waals surface area contributed by atoms with Crippen LogP contribution in [0, 0.1) is 25.2 Å². The van der Waals surface area contributed by atoms with E-state index < -0.39 is 0 Å². The molecule has 1 aromatic carbocycles. The molecule has 0 bridgehead atoms. The smallest absolute Gasteiger partial charge is 0.252 e. The maximum absolute atomic E-state index is 9.15. The van der Waals surface area contributed by atoms with Gasteiger partial charge in [0, 0.05) is 5.02 Å². The van der Waals surface area contributed by atoms with Gasteiger partial charge in [-0.2, -0.15) is 10.4 Å². The van der Waals surface area contributed by atoms with Gasteiger partial charge in [0.05, 0.1) is 5.69 Å². The molecule has 5 heteroatoms. The molecule has 0 aliphatic heterocycles. The maximum atomic E-state index is 9.15. The number of aryl methyl sites for hydroxylation is 1. The summed E-state index contributed by atoms with van der Waals surface area (Å²) in [7, 11) is 0. The monoisotopic (exact) mass is 273 g/mol. The van der Waals surface area contributed by atoms with Crippen molar-refractivity contribution in [2.45, 2.75) is 20.5 Å². The Bertz CT molecular complexity index is 650. The minimum absolute atomic E-state index is 0.255. The van der Waals surface area contributed by atoms with Crippen LogP contribution in [0.3, 0.4) is 0 Å². The molecule has 96 valence electrons. The Kier molecular flexibility index (Phi) is 3.98. The molecule has 0 unspecified atom stereocenters. The number of benzene rings is 1. The van der Waals surface area contributed by atoms with Gasteiger partial charge in [0.2, 0.25) is 0 Å². The second-order valence-electron chi connectivity index (χ2n) is 4.12. The van der Waals surface area contributed by atoms with Crippen molar-refractivity contribution in [3.63, 3.8) is 0 Å². The van der Waals surface area contributed by atoms with Crippen molar-refractivity contribution in [3.05, 3.63) is 51.7 Å². The predicted octanol–water partition coefficient (Wildman–Crippen LogP) is 3.20. The standard InChI is InChI=1S/C14H12ClN3O/c1-9-10(2)17-18-14(13(9)7-16)19-8-11-4-3-5-12(15)6-11/h3-6H,8H2,1-2H3. The molecule has 0 saturated heterocycles. The van der Waals surface area contributed by atoms with Gasteiger partial charge >= 0.3 is 0 Å². The normalized spacial score (nSPS) is 10.0. The van der Waals surface area contributed by atoms with E-state index in [1.807, 2.05) is 32.0 Å². The summed E-state index contributed by atoms with van der Waals surface area (Å²) >= 11 is 5.90. The van der Waals surface area contributed by atoms with Gasteiger partial charge in [0.15, 0.2) is 0 Å². The van der Waals surface area contributed by atoms with Gasteiger partial charge in [-0.05, 0) is 37.1 Å². The molecule has 19 heavy (non-hydrogen) atoms. The van der Waals surface area contributed by atoms with Crippen LogP contribution in [0.25, 0.3) is 0 Å². The highest BCUT2D eigenvalue weighted by atomic mass is 35.5. The number of halogens is 1. The maximum Gasteiger partial charge on any atom is 0.252 e. The minimum Gasteiger partial charge on any atom is -0.471 e. The second kappa shape index (κ2) is 5.68.